The molecule has 1 aromatic heterocycles. The van der Waals surface area contributed by atoms with Gasteiger partial charge >= 0.3 is 12.1 Å². The Morgan fingerprint density at radius 2 is 2.19 bits per heavy atom. The molecule has 1 aliphatic heterocycles. The number of aromatic nitrogens is 2. The Kier molecular flexibility index (Phi) is 4.18. The van der Waals surface area contributed by atoms with E-state index in [0.717, 1.165) is 0 Å². The Balaban J connectivity index is 1.99. The second-order valence-corrected chi connectivity index (χ2v) is 7.54. The molecule has 0 atom stereocenters. The average Bonchev–Trinajstić information content (AvgIpc) is 2.74. The zero-order valence-corrected chi connectivity index (χ0v) is 13.1. The molecular formula is C13H19N3O4S. The number of carboxylic acids is 1. The Labute approximate surface area is 127 Å². The highest BCUT2D eigenvalue weighted by atomic mass is 32.2. The lowest BCUT2D eigenvalue weighted by Crippen LogP contribution is -2.62. The number of thioether (sulfide) groups is 1. The van der Waals surface area contributed by atoms with Crippen LogP contribution in [-0.2, 0) is 9.53 Å². The van der Waals surface area contributed by atoms with E-state index in [1.807, 2.05) is 0 Å². The zero-order valence-electron chi connectivity index (χ0n) is 12.3. The first kappa shape index (κ1) is 15.7. The van der Waals surface area contributed by atoms with Crippen molar-refractivity contribution in [2.24, 2.45) is 0 Å². The zero-order chi connectivity index (χ0) is 15.7. The fourth-order valence-electron chi connectivity index (χ4n) is 2.10. The topological polar surface area (TPSA) is 95.5 Å². The van der Waals surface area contributed by atoms with Gasteiger partial charge in [-0.15, -0.1) is 0 Å². The molecule has 2 rings (SSSR count). The summed E-state index contributed by atoms with van der Waals surface area (Å²) in [4.78, 5) is 31.6. The van der Waals surface area contributed by atoms with E-state index in [0.29, 0.717) is 18.2 Å². The lowest BCUT2D eigenvalue weighted by Gasteiger charge is -2.48. The molecule has 21 heavy (non-hydrogen) atoms. The van der Waals surface area contributed by atoms with Crippen LogP contribution in [0.1, 0.15) is 27.2 Å². The van der Waals surface area contributed by atoms with E-state index in [9.17, 15) is 9.59 Å². The van der Waals surface area contributed by atoms with Crippen molar-refractivity contribution < 1.29 is 19.4 Å². The molecule has 8 heteroatoms. The first-order chi connectivity index (χ1) is 9.69. The monoisotopic (exact) mass is 313 g/mol. The summed E-state index contributed by atoms with van der Waals surface area (Å²) < 4.78 is 4.73. The molecule has 116 valence electrons. The molecule has 1 amide bonds. The summed E-state index contributed by atoms with van der Waals surface area (Å²) in [5.74, 6) is -0.891. The van der Waals surface area contributed by atoms with Gasteiger partial charge in [-0.05, 0) is 20.8 Å². The third kappa shape index (κ3) is 4.13. The fraction of sp³-hybridized carbons (Fsp3) is 0.615. The van der Waals surface area contributed by atoms with E-state index in [4.69, 9.17) is 9.84 Å². The van der Waals surface area contributed by atoms with Gasteiger partial charge in [-0.25, -0.2) is 9.78 Å². The van der Waals surface area contributed by atoms with Crippen LogP contribution in [0, 0.1) is 0 Å². The van der Waals surface area contributed by atoms with Crippen LogP contribution >= 0.6 is 11.8 Å². The van der Waals surface area contributed by atoms with Crippen LogP contribution in [0.4, 0.5) is 4.79 Å². The molecule has 1 saturated heterocycles. The van der Waals surface area contributed by atoms with Gasteiger partial charge in [0.1, 0.15) is 5.60 Å². The summed E-state index contributed by atoms with van der Waals surface area (Å²) in [6.07, 6.45) is 2.85. The average molecular weight is 313 g/mol. The van der Waals surface area contributed by atoms with E-state index in [1.165, 1.54) is 16.7 Å². The largest absolute Gasteiger partial charge is 0.481 e. The molecule has 1 aromatic rings. The highest BCUT2D eigenvalue weighted by Gasteiger charge is 2.49. The van der Waals surface area contributed by atoms with E-state index < -0.39 is 22.4 Å². The van der Waals surface area contributed by atoms with E-state index in [1.54, 1.807) is 33.2 Å². The quantitative estimate of drug-likeness (QED) is 0.882. The minimum Gasteiger partial charge on any atom is -0.481 e. The van der Waals surface area contributed by atoms with Crippen molar-refractivity contribution in [1.29, 1.82) is 0 Å². The van der Waals surface area contributed by atoms with E-state index in [-0.39, 0.29) is 6.42 Å². The smallest absolute Gasteiger partial charge is 0.410 e. The van der Waals surface area contributed by atoms with Crippen molar-refractivity contribution in [3.63, 3.8) is 0 Å². The SMILES string of the molecule is CC(C)(C)OC(=O)N1CC(CC(=O)O)(Sc2ncc[nH]2)C1. The molecule has 0 saturated carbocycles. The number of rotatable bonds is 4. The number of amides is 1. The van der Waals surface area contributed by atoms with Crippen molar-refractivity contribution in [2.45, 2.75) is 42.7 Å². The lowest BCUT2D eigenvalue weighted by atomic mass is 9.95. The molecule has 2 heterocycles. The van der Waals surface area contributed by atoms with Gasteiger partial charge in [-0.1, -0.05) is 11.8 Å². The van der Waals surface area contributed by atoms with Gasteiger partial charge < -0.3 is 19.7 Å². The molecule has 7 nitrogen and oxygen atoms in total. The van der Waals surface area contributed by atoms with Crippen molar-refractivity contribution in [2.75, 3.05) is 13.1 Å². The maximum absolute atomic E-state index is 11.9. The molecule has 2 N–H and O–H groups in total. The molecule has 0 unspecified atom stereocenters. The summed E-state index contributed by atoms with van der Waals surface area (Å²) in [6.45, 7) is 6.06. The number of carbonyl (C=O) groups is 2. The van der Waals surface area contributed by atoms with Crippen molar-refractivity contribution in [1.82, 2.24) is 14.9 Å². The predicted octanol–water partition coefficient (Wildman–Crippen LogP) is 1.97. The molecule has 1 aliphatic rings. The number of likely N-dealkylation sites (tertiary alicyclic amines) is 1. The Hall–Kier alpha value is -1.70. The number of carbonyl (C=O) groups excluding carboxylic acids is 1. The maximum atomic E-state index is 11.9. The highest BCUT2D eigenvalue weighted by Crippen LogP contribution is 2.42. The molecule has 0 spiro atoms. The number of hydrogen-bond acceptors (Lipinski definition) is 5. The van der Waals surface area contributed by atoms with Gasteiger partial charge in [0.15, 0.2) is 5.16 Å². The van der Waals surface area contributed by atoms with Crippen LogP contribution < -0.4 is 0 Å². The Morgan fingerprint density at radius 3 is 2.67 bits per heavy atom. The van der Waals surface area contributed by atoms with Crippen molar-refractivity contribution in [3.8, 4) is 0 Å². The van der Waals surface area contributed by atoms with E-state index >= 15 is 0 Å². The summed E-state index contributed by atoms with van der Waals surface area (Å²) in [5, 5.41) is 9.73. The second-order valence-electron chi connectivity index (χ2n) is 6.09. The molecule has 0 bridgehead atoms. The van der Waals surface area contributed by atoms with Crippen LogP contribution in [0.2, 0.25) is 0 Å². The van der Waals surface area contributed by atoms with Gasteiger partial charge in [-0.2, -0.15) is 0 Å². The second kappa shape index (κ2) is 5.59. The number of carboxylic acid groups (broad SMARTS) is 1. The molecule has 0 aliphatic carbocycles. The summed E-state index contributed by atoms with van der Waals surface area (Å²) in [7, 11) is 0. The molecule has 0 aromatic carbocycles. The minimum atomic E-state index is -0.891. The Morgan fingerprint density at radius 1 is 1.52 bits per heavy atom. The first-order valence-electron chi connectivity index (χ1n) is 6.57. The van der Waals surface area contributed by atoms with Gasteiger partial charge in [0, 0.05) is 25.5 Å². The van der Waals surface area contributed by atoms with Crippen LogP contribution in [-0.4, -0.2) is 55.5 Å². The highest BCUT2D eigenvalue weighted by molar-refractivity contribution is 8.00. The normalized spacial score (nSPS) is 17.2. The molecule has 0 radical (unpaired) electrons. The van der Waals surface area contributed by atoms with Crippen LogP contribution in [0.25, 0.3) is 0 Å². The summed E-state index contributed by atoms with van der Waals surface area (Å²) in [6, 6.07) is 0. The minimum absolute atomic E-state index is 0.0301. The van der Waals surface area contributed by atoms with Crippen molar-refractivity contribution in [3.05, 3.63) is 12.4 Å². The van der Waals surface area contributed by atoms with Gasteiger partial charge in [0.05, 0.1) is 11.2 Å². The third-order valence-corrected chi connectivity index (χ3v) is 4.12. The number of H-pyrrole nitrogens is 1. The number of aliphatic carboxylic acids is 1. The number of imidazole rings is 1. The Bertz CT molecular complexity index is 518. The number of hydrogen-bond donors (Lipinski definition) is 2. The third-order valence-electron chi connectivity index (χ3n) is 2.87. The van der Waals surface area contributed by atoms with Gasteiger partial charge in [0.25, 0.3) is 0 Å². The fourth-order valence-corrected chi connectivity index (χ4v) is 3.39. The lowest BCUT2D eigenvalue weighted by molar-refractivity contribution is -0.138. The predicted molar refractivity (Wildman–Crippen MR) is 77.2 cm³/mol. The first-order valence-corrected chi connectivity index (χ1v) is 7.39. The maximum Gasteiger partial charge on any atom is 0.410 e. The van der Waals surface area contributed by atoms with Gasteiger partial charge in [-0.3, -0.25) is 4.79 Å². The number of nitrogens with one attached hydrogen (secondary N) is 1. The molecule has 1 fully saturated rings. The van der Waals surface area contributed by atoms with Crippen LogP contribution in [0.5, 0.6) is 0 Å². The van der Waals surface area contributed by atoms with E-state index in [2.05, 4.69) is 9.97 Å². The van der Waals surface area contributed by atoms with Crippen LogP contribution in [0.3, 0.4) is 0 Å². The van der Waals surface area contributed by atoms with Gasteiger partial charge in [0.2, 0.25) is 0 Å². The summed E-state index contributed by atoms with van der Waals surface area (Å²) in [5.41, 5.74) is -0.559. The number of ether oxygens (including phenoxy) is 1. The van der Waals surface area contributed by atoms with Crippen molar-refractivity contribution >= 4 is 23.8 Å². The summed E-state index contributed by atoms with van der Waals surface area (Å²) >= 11 is 1.36. The standard InChI is InChI=1S/C13H19N3O4S/c1-12(2,3)20-11(19)16-7-13(8-16,6-9(17)18)21-10-14-4-5-15-10/h4-5H,6-8H2,1-3H3,(H,14,15)(H,17,18). The number of aromatic amines is 1. The number of nitrogens with zero attached hydrogens (tertiary/aromatic N) is 2. The van der Waals surface area contributed by atoms with Crippen LogP contribution in [0.15, 0.2) is 17.6 Å². The molecular weight excluding hydrogens is 294 g/mol.